The number of hydrogen-bond donors (Lipinski definition) is 1. The van der Waals surface area contributed by atoms with Gasteiger partial charge < -0.3 is 20.0 Å². The summed E-state index contributed by atoms with van der Waals surface area (Å²) in [6.07, 6.45) is 9.12. The Morgan fingerprint density at radius 1 is 1.15 bits per heavy atom. The Hall–Kier alpha value is -2.83. The average molecular weight is 353 g/mol. The number of hydrogen-bond acceptors (Lipinski definition) is 6. The second-order valence-corrected chi connectivity index (χ2v) is 6.70. The molecular weight excluding hydrogens is 330 g/mol. The van der Waals surface area contributed by atoms with Crippen LogP contribution in [0.2, 0.25) is 0 Å². The second-order valence-electron chi connectivity index (χ2n) is 6.70. The Balaban J connectivity index is 1.39. The first-order valence-corrected chi connectivity index (χ1v) is 9.11. The van der Waals surface area contributed by atoms with E-state index in [1.54, 1.807) is 24.5 Å². The molecule has 3 heterocycles. The molecule has 0 radical (unpaired) electrons. The zero-order valence-corrected chi connectivity index (χ0v) is 14.7. The zero-order valence-electron chi connectivity index (χ0n) is 14.7. The van der Waals surface area contributed by atoms with Gasteiger partial charge in [0, 0.05) is 37.8 Å². The van der Waals surface area contributed by atoms with Crippen LogP contribution in [0.1, 0.15) is 29.9 Å². The first-order chi connectivity index (χ1) is 12.7. The van der Waals surface area contributed by atoms with Crippen molar-refractivity contribution in [1.29, 1.82) is 0 Å². The van der Waals surface area contributed by atoms with Gasteiger partial charge in [0.15, 0.2) is 0 Å². The van der Waals surface area contributed by atoms with Crippen LogP contribution in [0, 0.1) is 0 Å². The molecule has 7 nitrogen and oxygen atoms in total. The number of nitrogen functional groups attached to an aromatic ring is 1. The maximum Gasteiger partial charge on any atom is 0.246 e. The molecule has 26 heavy (non-hydrogen) atoms. The number of carbonyl (C=O) groups excluding carboxylic acids is 1. The lowest BCUT2D eigenvalue weighted by Crippen LogP contribution is -2.49. The molecule has 1 saturated heterocycles. The van der Waals surface area contributed by atoms with Crippen molar-refractivity contribution in [2.75, 3.05) is 36.8 Å². The van der Waals surface area contributed by atoms with E-state index in [9.17, 15) is 4.79 Å². The van der Waals surface area contributed by atoms with Crippen LogP contribution in [-0.4, -0.2) is 47.0 Å². The largest absolute Gasteiger partial charge is 0.465 e. The van der Waals surface area contributed by atoms with E-state index in [1.165, 1.54) is 0 Å². The molecule has 2 aliphatic rings. The average Bonchev–Trinajstić information content (AvgIpc) is 3.20. The molecule has 136 valence electrons. The first kappa shape index (κ1) is 16.6. The minimum absolute atomic E-state index is 0.00748. The molecule has 0 aromatic carbocycles. The molecule has 1 amide bonds. The summed E-state index contributed by atoms with van der Waals surface area (Å²) in [7, 11) is 0. The highest BCUT2D eigenvalue weighted by molar-refractivity contribution is 5.91. The molecule has 0 bridgehead atoms. The summed E-state index contributed by atoms with van der Waals surface area (Å²) in [5.41, 5.74) is 8.37. The first-order valence-electron chi connectivity index (χ1n) is 9.11. The van der Waals surface area contributed by atoms with Gasteiger partial charge in [-0.1, -0.05) is 0 Å². The molecule has 0 saturated carbocycles. The lowest BCUT2D eigenvalue weighted by Gasteiger charge is -2.34. The quantitative estimate of drug-likeness (QED) is 0.848. The molecule has 1 aliphatic carbocycles. The van der Waals surface area contributed by atoms with Gasteiger partial charge in [0.05, 0.1) is 12.0 Å². The van der Waals surface area contributed by atoms with E-state index in [0.29, 0.717) is 43.7 Å². The number of anilines is 2. The molecule has 7 heteroatoms. The summed E-state index contributed by atoms with van der Waals surface area (Å²) in [4.78, 5) is 25.5. The van der Waals surface area contributed by atoms with Crippen molar-refractivity contribution in [2.45, 2.75) is 25.7 Å². The van der Waals surface area contributed by atoms with Crippen molar-refractivity contribution in [2.24, 2.45) is 0 Å². The normalized spacial score (nSPS) is 17.5. The van der Waals surface area contributed by atoms with E-state index in [4.69, 9.17) is 15.1 Å². The van der Waals surface area contributed by atoms with Crippen LogP contribution >= 0.6 is 0 Å². The maximum atomic E-state index is 12.3. The Labute approximate surface area is 152 Å². The molecule has 2 aromatic heterocycles. The molecule has 1 fully saturated rings. The van der Waals surface area contributed by atoms with Gasteiger partial charge in [0.2, 0.25) is 11.9 Å². The number of furan rings is 1. The van der Waals surface area contributed by atoms with Crippen molar-refractivity contribution in [3.8, 4) is 0 Å². The Morgan fingerprint density at radius 2 is 1.96 bits per heavy atom. The van der Waals surface area contributed by atoms with Gasteiger partial charge in [-0.15, -0.1) is 0 Å². The third-order valence-electron chi connectivity index (χ3n) is 5.01. The summed E-state index contributed by atoms with van der Waals surface area (Å²) >= 11 is 0. The number of aryl methyl sites for hydroxylation is 1. The summed E-state index contributed by atoms with van der Waals surface area (Å²) < 4.78 is 5.21. The van der Waals surface area contributed by atoms with Gasteiger partial charge in [-0.2, -0.15) is 4.98 Å². The molecule has 0 atom stereocenters. The highest BCUT2D eigenvalue weighted by Gasteiger charge is 2.24. The number of aromatic nitrogens is 2. The van der Waals surface area contributed by atoms with E-state index in [-0.39, 0.29) is 5.91 Å². The van der Waals surface area contributed by atoms with Crippen LogP contribution in [-0.2, 0) is 17.6 Å². The molecule has 1 aliphatic heterocycles. The number of carbonyl (C=O) groups is 1. The van der Waals surface area contributed by atoms with Crippen molar-refractivity contribution < 1.29 is 9.21 Å². The van der Waals surface area contributed by atoms with Crippen LogP contribution in [0.4, 0.5) is 11.8 Å². The number of fused-ring (bicyclic) bond motifs is 1. The summed E-state index contributed by atoms with van der Waals surface area (Å²) in [5, 5.41) is 0. The van der Waals surface area contributed by atoms with E-state index in [1.807, 2.05) is 11.0 Å². The minimum atomic E-state index is -0.00748. The van der Waals surface area contributed by atoms with Crippen LogP contribution in [0.5, 0.6) is 0 Å². The van der Waals surface area contributed by atoms with Crippen molar-refractivity contribution in [1.82, 2.24) is 14.9 Å². The van der Waals surface area contributed by atoms with Gasteiger partial charge in [0.25, 0.3) is 0 Å². The van der Waals surface area contributed by atoms with Crippen LogP contribution in [0.25, 0.3) is 6.08 Å². The third kappa shape index (κ3) is 3.42. The lowest BCUT2D eigenvalue weighted by molar-refractivity contribution is -0.126. The fraction of sp³-hybridized carbons (Fsp3) is 0.421. The second kappa shape index (κ2) is 7.19. The predicted octanol–water partition coefficient (Wildman–Crippen LogP) is 1.89. The highest BCUT2D eigenvalue weighted by Crippen LogP contribution is 2.26. The summed E-state index contributed by atoms with van der Waals surface area (Å²) in [6, 6.07) is 3.62. The number of nitrogens with two attached hydrogens (primary N) is 1. The standard InChI is InChI=1S/C19H23N5O2/c20-18-15-5-1-2-6-16(15)21-19(22-18)24-11-9-23(10-12-24)17(25)8-7-14-4-3-13-26-14/h3-4,7-8,13H,1-2,5-6,9-12H2,(H2,20,21,22)/b8-7+. The third-order valence-corrected chi connectivity index (χ3v) is 5.01. The number of rotatable bonds is 3. The van der Waals surface area contributed by atoms with Gasteiger partial charge in [0.1, 0.15) is 11.6 Å². The Kier molecular flexibility index (Phi) is 4.60. The number of amides is 1. The van der Waals surface area contributed by atoms with E-state index in [0.717, 1.165) is 36.9 Å². The van der Waals surface area contributed by atoms with Crippen LogP contribution in [0.15, 0.2) is 28.9 Å². The SMILES string of the molecule is Nc1nc(N2CCN(C(=O)/C=C/c3ccco3)CC2)nc2c1CCCC2. The van der Waals surface area contributed by atoms with Crippen LogP contribution in [0.3, 0.4) is 0 Å². The van der Waals surface area contributed by atoms with Crippen molar-refractivity contribution in [3.63, 3.8) is 0 Å². The van der Waals surface area contributed by atoms with Gasteiger partial charge in [-0.05, 0) is 43.9 Å². The molecular formula is C19H23N5O2. The van der Waals surface area contributed by atoms with E-state index < -0.39 is 0 Å². The van der Waals surface area contributed by atoms with Gasteiger partial charge in [-0.3, -0.25) is 4.79 Å². The molecule has 2 aromatic rings. The zero-order chi connectivity index (χ0) is 17.9. The Morgan fingerprint density at radius 3 is 2.73 bits per heavy atom. The van der Waals surface area contributed by atoms with Crippen LogP contribution < -0.4 is 10.6 Å². The Bertz CT molecular complexity index is 808. The van der Waals surface area contributed by atoms with Gasteiger partial charge >= 0.3 is 0 Å². The molecule has 4 rings (SSSR count). The number of piperazine rings is 1. The van der Waals surface area contributed by atoms with E-state index >= 15 is 0 Å². The minimum Gasteiger partial charge on any atom is -0.465 e. The fourth-order valence-corrected chi connectivity index (χ4v) is 3.52. The maximum absolute atomic E-state index is 12.3. The molecule has 2 N–H and O–H groups in total. The van der Waals surface area contributed by atoms with E-state index in [2.05, 4.69) is 9.88 Å². The van der Waals surface area contributed by atoms with Crippen molar-refractivity contribution >= 4 is 23.7 Å². The molecule has 0 spiro atoms. The summed E-state index contributed by atoms with van der Waals surface area (Å²) in [5.74, 6) is 1.98. The topological polar surface area (TPSA) is 88.5 Å². The fourth-order valence-electron chi connectivity index (χ4n) is 3.52. The smallest absolute Gasteiger partial charge is 0.246 e. The lowest BCUT2D eigenvalue weighted by atomic mass is 9.96. The monoisotopic (exact) mass is 353 g/mol. The molecule has 0 unspecified atom stereocenters. The number of nitrogens with zero attached hydrogens (tertiary/aromatic N) is 4. The van der Waals surface area contributed by atoms with Gasteiger partial charge in [-0.25, -0.2) is 4.98 Å². The predicted molar refractivity (Wildman–Crippen MR) is 99.6 cm³/mol. The summed E-state index contributed by atoms with van der Waals surface area (Å²) in [6.45, 7) is 2.69. The highest BCUT2D eigenvalue weighted by atomic mass is 16.3. The van der Waals surface area contributed by atoms with Crippen molar-refractivity contribution in [3.05, 3.63) is 41.5 Å².